The topological polar surface area (TPSA) is 52.0 Å². The molecule has 0 amide bonds. The quantitative estimate of drug-likeness (QED) is 0.747. The zero-order chi connectivity index (χ0) is 12.1. The van der Waals surface area contributed by atoms with Crippen molar-refractivity contribution >= 4 is 9.84 Å². The summed E-state index contributed by atoms with van der Waals surface area (Å²) in [6.07, 6.45) is 0.663. The van der Waals surface area contributed by atoms with E-state index in [0.717, 1.165) is 17.0 Å². The summed E-state index contributed by atoms with van der Waals surface area (Å²) >= 11 is 0. The average molecular weight is 242 g/mol. The molecule has 1 aromatic rings. The number of nitrogens with zero attached hydrogens (tertiary/aromatic N) is 2. The van der Waals surface area contributed by atoms with Gasteiger partial charge < -0.3 is 0 Å². The summed E-state index contributed by atoms with van der Waals surface area (Å²) < 4.78 is 25.1. The fourth-order valence-corrected chi connectivity index (χ4v) is 4.52. The van der Waals surface area contributed by atoms with Gasteiger partial charge in [-0.15, -0.1) is 0 Å². The van der Waals surface area contributed by atoms with E-state index >= 15 is 0 Å². The Labute approximate surface area is 96.6 Å². The SMILES string of the molecule is Cc1nn(C2(C)CCS(=O)(=O)C2)c(C)c1C. The van der Waals surface area contributed by atoms with Gasteiger partial charge in [0.05, 0.1) is 22.7 Å². The van der Waals surface area contributed by atoms with Crippen molar-refractivity contribution in [2.45, 2.75) is 39.7 Å². The van der Waals surface area contributed by atoms with Gasteiger partial charge in [-0.25, -0.2) is 8.42 Å². The molecule has 0 aromatic carbocycles. The largest absolute Gasteiger partial charge is 0.262 e. The summed E-state index contributed by atoms with van der Waals surface area (Å²) in [5, 5.41) is 4.48. The molecule has 2 rings (SSSR count). The Morgan fingerprint density at radius 2 is 1.94 bits per heavy atom. The lowest BCUT2D eigenvalue weighted by Crippen LogP contribution is -2.33. The fourth-order valence-electron chi connectivity index (χ4n) is 2.41. The Morgan fingerprint density at radius 1 is 1.31 bits per heavy atom. The molecular weight excluding hydrogens is 224 g/mol. The molecule has 0 bridgehead atoms. The summed E-state index contributed by atoms with van der Waals surface area (Å²) in [7, 11) is -2.88. The van der Waals surface area contributed by atoms with E-state index in [0.29, 0.717) is 6.42 Å². The minimum atomic E-state index is -2.88. The summed E-state index contributed by atoms with van der Waals surface area (Å²) in [5.74, 6) is 0.488. The van der Waals surface area contributed by atoms with Gasteiger partial charge in [0, 0.05) is 5.69 Å². The van der Waals surface area contributed by atoms with Gasteiger partial charge in [0.25, 0.3) is 0 Å². The molecular formula is C11H18N2O2S. The molecule has 1 saturated heterocycles. The van der Waals surface area contributed by atoms with E-state index in [-0.39, 0.29) is 17.0 Å². The van der Waals surface area contributed by atoms with Crippen molar-refractivity contribution in [3.8, 4) is 0 Å². The van der Waals surface area contributed by atoms with Crippen LogP contribution < -0.4 is 0 Å². The van der Waals surface area contributed by atoms with E-state index in [1.807, 2.05) is 32.4 Å². The summed E-state index contributed by atoms with van der Waals surface area (Å²) in [5.41, 5.74) is 2.87. The average Bonchev–Trinajstić information content (AvgIpc) is 2.59. The monoisotopic (exact) mass is 242 g/mol. The smallest absolute Gasteiger partial charge is 0.152 e. The molecule has 1 aromatic heterocycles. The standard InChI is InChI=1S/C11H18N2O2S/c1-8-9(2)12-13(10(8)3)11(4)5-6-16(14,15)7-11/h5-7H2,1-4H3. The highest BCUT2D eigenvalue weighted by Gasteiger charge is 2.41. The van der Waals surface area contributed by atoms with Crippen molar-refractivity contribution in [1.82, 2.24) is 9.78 Å². The van der Waals surface area contributed by atoms with Crippen LogP contribution in [0.1, 0.15) is 30.3 Å². The van der Waals surface area contributed by atoms with Crippen molar-refractivity contribution in [2.75, 3.05) is 11.5 Å². The number of aryl methyl sites for hydroxylation is 1. The first-order valence-corrected chi connectivity index (χ1v) is 7.31. The lowest BCUT2D eigenvalue weighted by atomic mass is 10.0. The second-order valence-electron chi connectivity index (χ2n) is 5.05. The Balaban J connectivity index is 2.49. The third kappa shape index (κ3) is 1.67. The van der Waals surface area contributed by atoms with E-state index in [9.17, 15) is 8.42 Å². The molecule has 0 N–H and O–H groups in total. The number of aromatic nitrogens is 2. The normalized spacial score (nSPS) is 28.5. The maximum atomic E-state index is 11.6. The van der Waals surface area contributed by atoms with Crippen LogP contribution in [0.4, 0.5) is 0 Å². The fraction of sp³-hybridized carbons (Fsp3) is 0.727. The van der Waals surface area contributed by atoms with Crippen molar-refractivity contribution in [3.05, 3.63) is 17.0 Å². The number of hydrogen-bond donors (Lipinski definition) is 0. The number of sulfone groups is 1. The van der Waals surface area contributed by atoms with E-state index in [4.69, 9.17) is 0 Å². The second-order valence-corrected chi connectivity index (χ2v) is 7.23. The van der Waals surface area contributed by atoms with Crippen LogP contribution in [0, 0.1) is 20.8 Å². The lowest BCUT2D eigenvalue weighted by Gasteiger charge is -2.24. The Kier molecular flexibility index (Phi) is 2.42. The van der Waals surface area contributed by atoms with Crippen LogP contribution in [0.15, 0.2) is 0 Å². The van der Waals surface area contributed by atoms with E-state index in [1.165, 1.54) is 0 Å². The minimum absolute atomic E-state index is 0.210. The Bertz CT molecular complexity index is 530. The molecule has 5 heteroatoms. The Morgan fingerprint density at radius 3 is 2.31 bits per heavy atom. The zero-order valence-corrected chi connectivity index (χ0v) is 11.1. The second kappa shape index (κ2) is 3.32. The highest BCUT2D eigenvalue weighted by molar-refractivity contribution is 7.91. The van der Waals surface area contributed by atoms with Crippen LogP contribution in [0.5, 0.6) is 0 Å². The highest BCUT2D eigenvalue weighted by Crippen LogP contribution is 2.32. The summed E-state index contributed by atoms with van der Waals surface area (Å²) in [6.45, 7) is 7.98. The van der Waals surface area contributed by atoms with Crippen LogP contribution in [0.2, 0.25) is 0 Å². The van der Waals surface area contributed by atoms with Crippen LogP contribution in [-0.2, 0) is 15.4 Å². The molecule has 90 valence electrons. The zero-order valence-electron chi connectivity index (χ0n) is 10.2. The molecule has 0 saturated carbocycles. The van der Waals surface area contributed by atoms with Crippen molar-refractivity contribution in [1.29, 1.82) is 0 Å². The van der Waals surface area contributed by atoms with Crippen LogP contribution in [0.3, 0.4) is 0 Å². The van der Waals surface area contributed by atoms with E-state index in [2.05, 4.69) is 5.10 Å². The molecule has 2 heterocycles. The first kappa shape index (κ1) is 11.6. The van der Waals surface area contributed by atoms with Crippen molar-refractivity contribution in [3.63, 3.8) is 0 Å². The summed E-state index contributed by atoms with van der Waals surface area (Å²) in [6, 6.07) is 0. The van der Waals surface area contributed by atoms with E-state index in [1.54, 1.807) is 0 Å². The maximum absolute atomic E-state index is 11.6. The number of rotatable bonds is 1. The third-order valence-electron chi connectivity index (χ3n) is 3.65. The van der Waals surface area contributed by atoms with Crippen LogP contribution in [0.25, 0.3) is 0 Å². The van der Waals surface area contributed by atoms with Gasteiger partial charge in [0.15, 0.2) is 9.84 Å². The molecule has 1 aliphatic rings. The predicted octanol–water partition coefficient (Wildman–Crippen LogP) is 1.34. The number of hydrogen-bond acceptors (Lipinski definition) is 3. The lowest BCUT2D eigenvalue weighted by molar-refractivity contribution is 0.320. The van der Waals surface area contributed by atoms with E-state index < -0.39 is 9.84 Å². The van der Waals surface area contributed by atoms with Gasteiger partial charge in [-0.3, -0.25) is 4.68 Å². The Hall–Kier alpha value is -0.840. The summed E-state index contributed by atoms with van der Waals surface area (Å²) in [4.78, 5) is 0. The molecule has 4 nitrogen and oxygen atoms in total. The molecule has 16 heavy (non-hydrogen) atoms. The minimum Gasteiger partial charge on any atom is -0.262 e. The van der Waals surface area contributed by atoms with Gasteiger partial charge in [0.1, 0.15) is 0 Å². The molecule has 0 radical (unpaired) electrons. The van der Waals surface area contributed by atoms with Gasteiger partial charge >= 0.3 is 0 Å². The van der Waals surface area contributed by atoms with Gasteiger partial charge in [-0.2, -0.15) is 5.10 Å². The molecule has 0 spiro atoms. The predicted molar refractivity (Wildman–Crippen MR) is 63.4 cm³/mol. The van der Waals surface area contributed by atoms with Gasteiger partial charge in [-0.1, -0.05) is 0 Å². The maximum Gasteiger partial charge on any atom is 0.152 e. The molecule has 1 unspecified atom stereocenters. The third-order valence-corrected chi connectivity index (χ3v) is 5.53. The molecule has 1 aliphatic heterocycles. The van der Waals surface area contributed by atoms with Crippen molar-refractivity contribution in [2.24, 2.45) is 0 Å². The van der Waals surface area contributed by atoms with Crippen LogP contribution in [-0.4, -0.2) is 29.7 Å². The van der Waals surface area contributed by atoms with Crippen molar-refractivity contribution < 1.29 is 8.42 Å². The van der Waals surface area contributed by atoms with Crippen LogP contribution >= 0.6 is 0 Å². The first-order chi connectivity index (χ1) is 7.25. The highest BCUT2D eigenvalue weighted by atomic mass is 32.2. The molecule has 0 aliphatic carbocycles. The molecule has 1 atom stereocenters. The first-order valence-electron chi connectivity index (χ1n) is 5.49. The van der Waals surface area contributed by atoms with Gasteiger partial charge in [-0.05, 0) is 39.7 Å². The van der Waals surface area contributed by atoms with Gasteiger partial charge in [0.2, 0.25) is 0 Å². The molecule has 1 fully saturated rings.